The summed E-state index contributed by atoms with van der Waals surface area (Å²) in [5.41, 5.74) is 5.91. The Morgan fingerprint density at radius 1 is 1.43 bits per heavy atom. The van der Waals surface area contributed by atoms with Crippen molar-refractivity contribution < 1.29 is 18.7 Å². The highest BCUT2D eigenvalue weighted by Crippen LogP contribution is 2.13. The number of hydrogen-bond donors (Lipinski definition) is 2. The zero-order valence-electron chi connectivity index (χ0n) is 11.5. The maximum Gasteiger partial charge on any atom is 0.252 e. The van der Waals surface area contributed by atoms with Crippen LogP contribution in [-0.2, 0) is 14.3 Å². The van der Waals surface area contributed by atoms with E-state index in [1.54, 1.807) is 4.90 Å². The van der Waals surface area contributed by atoms with E-state index in [2.05, 4.69) is 5.32 Å². The maximum absolute atomic E-state index is 12.8. The number of nitrogens with zero attached hydrogens (tertiary/aromatic N) is 1. The van der Waals surface area contributed by atoms with E-state index in [-0.39, 0.29) is 24.1 Å². The first-order valence-corrected chi connectivity index (χ1v) is 6.76. The molecule has 2 amide bonds. The fraction of sp³-hybridized carbons (Fsp3) is 0.429. The van der Waals surface area contributed by atoms with Gasteiger partial charge in [0.25, 0.3) is 5.91 Å². The summed E-state index contributed by atoms with van der Waals surface area (Å²) in [5, 5.41) is 2.60. The molecule has 0 bridgehead atoms. The number of carbonyl (C=O) groups excluding carboxylic acids is 2. The molecule has 114 valence electrons. The average Bonchev–Trinajstić information content (AvgIpc) is 2.46. The quantitative estimate of drug-likeness (QED) is 0.820. The van der Waals surface area contributed by atoms with Crippen LogP contribution in [-0.4, -0.2) is 49.1 Å². The van der Waals surface area contributed by atoms with Crippen molar-refractivity contribution in [2.24, 2.45) is 5.73 Å². The van der Waals surface area contributed by atoms with Crippen molar-refractivity contribution in [2.45, 2.75) is 12.5 Å². The largest absolute Gasteiger partial charge is 0.366 e. The number of nitrogens with one attached hydrogen (secondary N) is 1. The maximum atomic E-state index is 12.8. The van der Waals surface area contributed by atoms with E-state index < -0.39 is 6.10 Å². The summed E-state index contributed by atoms with van der Waals surface area (Å²) in [7, 11) is 0. The van der Waals surface area contributed by atoms with Gasteiger partial charge in [-0.2, -0.15) is 0 Å². The zero-order chi connectivity index (χ0) is 15.2. The van der Waals surface area contributed by atoms with Gasteiger partial charge >= 0.3 is 0 Å². The molecule has 1 aliphatic heterocycles. The Labute approximate surface area is 122 Å². The number of hydrogen-bond acceptors (Lipinski definition) is 4. The molecule has 1 fully saturated rings. The molecule has 1 aliphatic rings. The molecular formula is C14H18FN3O3. The molecule has 1 aromatic rings. The topological polar surface area (TPSA) is 84.7 Å². The molecule has 0 spiro atoms. The first kappa shape index (κ1) is 15.4. The molecule has 1 atom stereocenters. The molecule has 1 heterocycles. The van der Waals surface area contributed by atoms with E-state index in [9.17, 15) is 14.0 Å². The standard InChI is InChI=1S/C14H18FN3O3/c15-10-1-3-11(4-2-10)17-13(19)9-12-14(20)18(6-5-16)7-8-21-12/h1-4,12H,5-9,16H2,(H,17,19)/t12-/m1/s1. The summed E-state index contributed by atoms with van der Waals surface area (Å²) in [5.74, 6) is -0.952. The van der Waals surface area contributed by atoms with Gasteiger partial charge in [-0.25, -0.2) is 4.39 Å². The predicted molar refractivity (Wildman–Crippen MR) is 75.0 cm³/mol. The van der Waals surface area contributed by atoms with Crippen LogP contribution in [0.1, 0.15) is 6.42 Å². The third-order valence-corrected chi connectivity index (χ3v) is 3.17. The molecule has 0 unspecified atom stereocenters. The number of carbonyl (C=O) groups is 2. The predicted octanol–water partition coefficient (Wildman–Crippen LogP) is 0.340. The lowest BCUT2D eigenvalue weighted by Crippen LogP contribution is -2.50. The highest BCUT2D eigenvalue weighted by Gasteiger charge is 2.30. The summed E-state index contributed by atoms with van der Waals surface area (Å²) in [6.07, 6.45) is -0.858. The van der Waals surface area contributed by atoms with Crippen molar-refractivity contribution in [3.8, 4) is 0 Å². The van der Waals surface area contributed by atoms with Gasteiger partial charge in [-0.05, 0) is 24.3 Å². The van der Waals surface area contributed by atoms with E-state index in [1.807, 2.05) is 0 Å². The van der Waals surface area contributed by atoms with Gasteiger partial charge in [0.05, 0.1) is 13.0 Å². The zero-order valence-corrected chi connectivity index (χ0v) is 11.5. The number of halogens is 1. The van der Waals surface area contributed by atoms with Crippen LogP contribution in [0.2, 0.25) is 0 Å². The number of rotatable bonds is 5. The monoisotopic (exact) mass is 295 g/mol. The Hall–Kier alpha value is -1.99. The van der Waals surface area contributed by atoms with Crippen LogP contribution < -0.4 is 11.1 Å². The fourth-order valence-electron chi connectivity index (χ4n) is 2.13. The Balaban J connectivity index is 1.89. The van der Waals surface area contributed by atoms with E-state index >= 15 is 0 Å². The molecule has 1 aromatic carbocycles. The molecular weight excluding hydrogens is 277 g/mol. The molecule has 0 radical (unpaired) electrons. The molecule has 6 nitrogen and oxygen atoms in total. The van der Waals surface area contributed by atoms with Gasteiger partial charge in [-0.1, -0.05) is 0 Å². The van der Waals surface area contributed by atoms with Crippen LogP contribution in [0.5, 0.6) is 0 Å². The van der Waals surface area contributed by atoms with Crippen LogP contribution in [0, 0.1) is 5.82 Å². The molecule has 0 saturated carbocycles. The Kier molecular flexibility index (Phi) is 5.24. The van der Waals surface area contributed by atoms with Crippen molar-refractivity contribution in [1.29, 1.82) is 0 Å². The van der Waals surface area contributed by atoms with Crippen molar-refractivity contribution in [3.05, 3.63) is 30.1 Å². The van der Waals surface area contributed by atoms with Gasteiger partial charge in [0.1, 0.15) is 11.9 Å². The number of morpholine rings is 1. The molecule has 0 aliphatic carbocycles. The fourth-order valence-corrected chi connectivity index (χ4v) is 2.13. The number of anilines is 1. The van der Waals surface area contributed by atoms with E-state index in [1.165, 1.54) is 24.3 Å². The second kappa shape index (κ2) is 7.14. The molecule has 2 rings (SSSR count). The van der Waals surface area contributed by atoms with Crippen LogP contribution in [0.4, 0.5) is 10.1 Å². The minimum Gasteiger partial charge on any atom is -0.366 e. The normalized spacial score (nSPS) is 18.7. The minimum absolute atomic E-state index is 0.0721. The smallest absolute Gasteiger partial charge is 0.252 e. The Morgan fingerprint density at radius 3 is 2.81 bits per heavy atom. The summed E-state index contributed by atoms with van der Waals surface area (Å²) in [6, 6.07) is 5.41. The van der Waals surface area contributed by atoms with Gasteiger partial charge in [-0.3, -0.25) is 9.59 Å². The summed E-state index contributed by atoms with van der Waals surface area (Å²) in [6.45, 7) is 1.71. The van der Waals surface area contributed by atoms with Gasteiger partial charge in [-0.15, -0.1) is 0 Å². The van der Waals surface area contributed by atoms with E-state index in [0.29, 0.717) is 31.9 Å². The molecule has 21 heavy (non-hydrogen) atoms. The first-order chi connectivity index (χ1) is 10.1. The highest BCUT2D eigenvalue weighted by atomic mass is 19.1. The van der Waals surface area contributed by atoms with Gasteiger partial charge < -0.3 is 20.7 Å². The molecule has 7 heteroatoms. The summed E-state index contributed by atoms with van der Waals surface area (Å²) >= 11 is 0. The van der Waals surface area contributed by atoms with Crippen molar-refractivity contribution in [2.75, 3.05) is 31.6 Å². The van der Waals surface area contributed by atoms with Crippen molar-refractivity contribution >= 4 is 17.5 Å². The van der Waals surface area contributed by atoms with Gasteiger partial charge in [0.15, 0.2) is 0 Å². The summed E-state index contributed by atoms with van der Waals surface area (Å²) < 4.78 is 18.1. The second-order valence-corrected chi connectivity index (χ2v) is 4.73. The lowest BCUT2D eigenvalue weighted by molar-refractivity contribution is -0.154. The van der Waals surface area contributed by atoms with E-state index in [0.717, 1.165) is 0 Å². The number of benzene rings is 1. The lowest BCUT2D eigenvalue weighted by Gasteiger charge is -2.31. The average molecular weight is 295 g/mol. The Bertz CT molecular complexity index is 505. The second-order valence-electron chi connectivity index (χ2n) is 4.73. The first-order valence-electron chi connectivity index (χ1n) is 6.76. The van der Waals surface area contributed by atoms with Crippen molar-refractivity contribution in [3.63, 3.8) is 0 Å². The highest BCUT2D eigenvalue weighted by molar-refractivity contribution is 5.95. The SMILES string of the molecule is NCCN1CCO[C@H](CC(=O)Nc2ccc(F)cc2)C1=O. The number of amides is 2. The number of nitrogens with two attached hydrogens (primary N) is 1. The third kappa shape index (κ3) is 4.24. The van der Waals surface area contributed by atoms with Gasteiger partial charge in [0.2, 0.25) is 5.91 Å². The summed E-state index contributed by atoms with van der Waals surface area (Å²) in [4.78, 5) is 25.6. The van der Waals surface area contributed by atoms with E-state index in [4.69, 9.17) is 10.5 Å². The molecule has 1 saturated heterocycles. The van der Waals surface area contributed by atoms with Crippen molar-refractivity contribution in [1.82, 2.24) is 4.90 Å². The van der Waals surface area contributed by atoms with Gasteiger partial charge in [0, 0.05) is 25.3 Å². The Morgan fingerprint density at radius 2 is 2.14 bits per heavy atom. The molecule has 0 aromatic heterocycles. The molecule has 3 N–H and O–H groups in total. The van der Waals surface area contributed by atoms with Crippen LogP contribution >= 0.6 is 0 Å². The lowest BCUT2D eigenvalue weighted by atomic mass is 10.1. The number of ether oxygens (including phenoxy) is 1. The third-order valence-electron chi connectivity index (χ3n) is 3.17. The minimum atomic E-state index is -0.786. The van der Waals surface area contributed by atoms with Crippen LogP contribution in [0.15, 0.2) is 24.3 Å². The van der Waals surface area contributed by atoms with Crippen LogP contribution in [0.3, 0.4) is 0 Å². The van der Waals surface area contributed by atoms with Crippen LogP contribution in [0.25, 0.3) is 0 Å².